The summed E-state index contributed by atoms with van der Waals surface area (Å²) in [5, 5.41) is 9.27. The van der Waals surface area contributed by atoms with Crippen LogP contribution in [-0.4, -0.2) is 26.7 Å². The van der Waals surface area contributed by atoms with Gasteiger partial charge >= 0.3 is 5.97 Å². The predicted octanol–water partition coefficient (Wildman–Crippen LogP) is 2.46. The molecule has 2 aromatic heterocycles. The molecule has 0 aliphatic heterocycles. The van der Waals surface area contributed by atoms with Crippen molar-refractivity contribution in [2.45, 2.75) is 44.2 Å². The molecule has 25 heavy (non-hydrogen) atoms. The van der Waals surface area contributed by atoms with Crippen LogP contribution >= 0.6 is 0 Å². The number of nitrogens with zero attached hydrogens (tertiary/aromatic N) is 2. The van der Waals surface area contributed by atoms with Crippen LogP contribution in [0.2, 0.25) is 0 Å². The second-order valence-electron chi connectivity index (χ2n) is 6.75. The number of fused-ring (bicyclic) bond motifs is 1. The second-order valence-corrected chi connectivity index (χ2v) is 6.75. The van der Waals surface area contributed by atoms with Crippen LogP contribution in [-0.2, 0) is 0 Å². The van der Waals surface area contributed by atoms with Crippen molar-refractivity contribution >= 4 is 22.6 Å². The molecule has 3 N–H and O–H groups in total. The van der Waals surface area contributed by atoms with Crippen LogP contribution in [0.25, 0.3) is 16.6 Å². The van der Waals surface area contributed by atoms with Crippen molar-refractivity contribution in [2.24, 2.45) is 5.73 Å². The Kier molecular flexibility index (Phi) is 3.68. The van der Waals surface area contributed by atoms with E-state index >= 15 is 0 Å². The lowest BCUT2D eigenvalue weighted by atomic mass is 9.93. The summed E-state index contributed by atoms with van der Waals surface area (Å²) < 4.78 is 16.4. The fraction of sp³-hybridized carbons (Fsp3) is 0.389. The molecule has 6 nitrogen and oxygen atoms in total. The van der Waals surface area contributed by atoms with Crippen molar-refractivity contribution in [3.8, 4) is 0 Å². The third-order valence-corrected chi connectivity index (χ3v) is 4.83. The minimum absolute atomic E-state index is 0.00811. The summed E-state index contributed by atoms with van der Waals surface area (Å²) in [6.45, 7) is 0. The second kappa shape index (κ2) is 5.77. The van der Waals surface area contributed by atoms with Crippen molar-refractivity contribution in [2.75, 3.05) is 0 Å². The number of hydrogen-bond acceptors (Lipinski definition) is 4. The fourth-order valence-electron chi connectivity index (χ4n) is 3.41. The summed E-state index contributed by atoms with van der Waals surface area (Å²) in [5.41, 5.74) is 6.18. The molecule has 1 saturated carbocycles. The molecule has 0 aromatic carbocycles. The highest BCUT2D eigenvalue weighted by molar-refractivity contribution is 5.92. The summed E-state index contributed by atoms with van der Waals surface area (Å²) in [5.74, 6) is -1.93. The standard InChI is InChI=1S/C18H18FN3O3/c19-14-7-12-16(23)13(18(24)25)8-22(11-4-5-11)17(12)21-15(14)9-2-1-3-10(20)6-9/h6-8,10-11H,1-5,20H2,(H,24,25). The first-order valence-corrected chi connectivity index (χ1v) is 8.41. The van der Waals surface area contributed by atoms with E-state index in [1.54, 1.807) is 4.57 Å². The molecule has 130 valence electrons. The SMILES string of the molecule is NC1C=C(c2nc3c(cc2F)c(=O)c(C(=O)O)cn3C2CC2)CCC1. The van der Waals surface area contributed by atoms with Gasteiger partial charge in [0.1, 0.15) is 22.7 Å². The van der Waals surface area contributed by atoms with Gasteiger partial charge < -0.3 is 15.4 Å². The maximum absolute atomic E-state index is 14.7. The highest BCUT2D eigenvalue weighted by Crippen LogP contribution is 2.37. The number of carbonyl (C=O) groups is 1. The zero-order chi connectivity index (χ0) is 17.7. The molecule has 2 aromatic rings. The van der Waals surface area contributed by atoms with Crippen LogP contribution in [0.1, 0.15) is 54.2 Å². The van der Waals surface area contributed by atoms with E-state index in [2.05, 4.69) is 4.98 Å². The average Bonchev–Trinajstić information content (AvgIpc) is 3.39. The van der Waals surface area contributed by atoms with Crippen molar-refractivity contribution in [3.05, 3.63) is 45.6 Å². The van der Waals surface area contributed by atoms with Crippen LogP contribution in [0.5, 0.6) is 0 Å². The molecule has 0 radical (unpaired) electrons. The van der Waals surface area contributed by atoms with E-state index < -0.39 is 17.2 Å². The molecule has 0 bridgehead atoms. The number of aromatic carboxylic acids is 1. The number of carboxylic acids is 1. The molecule has 1 fully saturated rings. The summed E-state index contributed by atoms with van der Waals surface area (Å²) in [6, 6.07) is 1.10. The fourth-order valence-corrected chi connectivity index (χ4v) is 3.41. The minimum atomic E-state index is -1.31. The molecule has 0 saturated heterocycles. The third kappa shape index (κ3) is 2.74. The number of carboxylic acid groups (broad SMARTS) is 1. The van der Waals surface area contributed by atoms with E-state index in [9.17, 15) is 19.1 Å². The lowest BCUT2D eigenvalue weighted by Crippen LogP contribution is -2.22. The van der Waals surface area contributed by atoms with Crippen molar-refractivity contribution in [1.29, 1.82) is 0 Å². The molecule has 4 rings (SSSR count). The van der Waals surface area contributed by atoms with Gasteiger partial charge in [-0.25, -0.2) is 14.2 Å². The molecule has 2 aliphatic carbocycles. The van der Waals surface area contributed by atoms with Gasteiger partial charge in [-0.2, -0.15) is 0 Å². The first-order valence-electron chi connectivity index (χ1n) is 8.41. The Morgan fingerprint density at radius 1 is 1.36 bits per heavy atom. The molecule has 7 heteroatoms. The number of allylic oxidation sites excluding steroid dienone is 1. The number of rotatable bonds is 3. The molecule has 1 atom stereocenters. The number of halogens is 1. The third-order valence-electron chi connectivity index (χ3n) is 4.83. The molecule has 2 aliphatic rings. The highest BCUT2D eigenvalue weighted by atomic mass is 19.1. The topological polar surface area (TPSA) is 98.2 Å². The van der Waals surface area contributed by atoms with Gasteiger partial charge in [-0.3, -0.25) is 4.79 Å². The van der Waals surface area contributed by atoms with Gasteiger partial charge in [0, 0.05) is 18.3 Å². The van der Waals surface area contributed by atoms with E-state index in [0.29, 0.717) is 12.1 Å². The maximum Gasteiger partial charge on any atom is 0.341 e. The lowest BCUT2D eigenvalue weighted by molar-refractivity contribution is 0.0695. The van der Waals surface area contributed by atoms with Crippen LogP contribution in [0, 0.1) is 5.82 Å². The van der Waals surface area contributed by atoms with Gasteiger partial charge in [0.05, 0.1) is 5.39 Å². The average molecular weight is 343 g/mol. The zero-order valence-corrected chi connectivity index (χ0v) is 13.5. The Balaban J connectivity index is 1.99. The smallest absolute Gasteiger partial charge is 0.341 e. The van der Waals surface area contributed by atoms with E-state index in [1.165, 1.54) is 6.20 Å². The molecule has 2 heterocycles. The highest BCUT2D eigenvalue weighted by Gasteiger charge is 2.28. The Labute approximate surface area is 142 Å². The number of pyridine rings is 2. The Hall–Kier alpha value is -2.54. The first kappa shape index (κ1) is 16.0. The zero-order valence-electron chi connectivity index (χ0n) is 13.5. The Morgan fingerprint density at radius 2 is 2.12 bits per heavy atom. The van der Waals surface area contributed by atoms with Crippen molar-refractivity contribution < 1.29 is 14.3 Å². The minimum Gasteiger partial charge on any atom is -0.477 e. The number of hydrogen-bond donors (Lipinski definition) is 2. The number of nitrogens with two attached hydrogens (primary N) is 1. The van der Waals surface area contributed by atoms with Gasteiger partial charge in [-0.15, -0.1) is 0 Å². The maximum atomic E-state index is 14.7. The summed E-state index contributed by atoms with van der Waals surface area (Å²) >= 11 is 0. The summed E-state index contributed by atoms with van der Waals surface area (Å²) in [7, 11) is 0. The summed E-state index contributed by atoms with van der Waals surface area (Å²) in [4.78, 5) is 28.2. The first-order chi connectivity index (χ1) is 12.0. The van der Waals surface area contributed by atoms with E-state index in [1.807, 2.05) is 6.08 Å². The van der Waals surface area contributed by atoms with Crippen LogP contribution < -0.4 is 11.2 Å². The van der Waals surface area contributed by atoms with Gasteiger partial charge in [-0.1, -0.05) is 6.08 Å². The monoisotopic (exact) mass is 343 g/mol. The van der Waals surface area contributed by atoms with Gasteiger partial charge in [0.25, 0.3) is 0 Å². The van der Waals surface area contributed by atoms with Crippen molar-refractivity contribution in [3.63, 3.8) is 0 Å². The van der Waals surface area contributed by atoms with Crippen LogP contribution in [0.3, 0.4) is 0 Å². The molecular weight excluding hydrogens is 325 g/mol. The quantitative estimate of drug-likeness (QED) is 0.892. The summed E-state index contributed by atoms with van der Waals surface area (Å²) in [6.07, 6.45) is 7.33. The van der Waals surface area contributed by atoms with Gasteiger partial charge in [0.2, 0.25) is 5.43 Å². The van der Waals surface area contributed by atoms with E-state index in [-0.39, 0.29) is 28.7 Å². The lowest BCUT2D eigenvalue weighted by Gasteiger charge is -2.19. The molecule has 0 amide bonds. The Morgan fingerprint density at radius 3 is 2.76 bits per heavy atom. The predicted molar refractivity (Wildman–Crippen MR) is 91.0 cm³/mol. The molecular formula is C18H18FN3O3. The number of aromatic nitrogens is 2. The van der Waals surface area contributed by atoms with Gasteiger partial charge in [-0.05, 0) is 43.7 Å². The van der Waals surface area contributed by atoms with E-state index in [4.69, 9.17) is 5.73 Å². The van der Waals surface area contributed by atoms with Crippen LogP contribution in [0.4, 0.5) is 4.39 Å². The molecule has 1 unspecified atom stereocenters. The molecule has 0 spiro atoms. The largest absolute Gasteiger partial charge is 0.477 e. The normalized spacial score (nSPS) is 20.6. The van der Waals surface area contributed by atoms with Crippen LogP contribution in [0.15, 0.2) is 23.1 Å². The Bertz CT molecular complexity index is 976. The van der Waals surface area contributed by atoms with Gasteiger partial charge in [0.15, 0.2) is 0 Å². The van der Waals surface area contributed by atoms with E-state index in [0.717, 1.165) is 37.3 Å². The van der Waals surface area contributed by atoms with Crippen molar-refractivity contribution in [1.82, 2.24) is 9.55 Å².